The first-order chi connectivity index (χ1) is 9.00. The van der Waals surface area contributed by atoms with Crippen LogP contribution in [0, 0.1) is 19.7 Å². The van der Waals surface area contributed by atoms with Gasteiger partial charge < -0.3 is 9.84 Å². The van der Waals surface area contributed by atoms with Gasteiger partial charge in [-0.1, -0.05) is 23.7 Å². The highest BCUT2D eigenvalue weighted by Gasteiger charge is 2.17. The highest BCUT2D eigenvalue weighted by molar-refractivity contribution is 6.33. The topological polar surface area (TPSA) is 51.0 Å². The van der Waals surface area contributed by atoms with E-state index in [1.54, 1.807) is 0 Å². The summed E-state index contributed by atoms with van der Waals surface area (Å²) in [6, 6.07) is 0. The van der Waals surface area contributed by atoms with E-state index in [2.05, 4.69) is 15.5 Å². The second-order valence-corrected chi connectivity index (χ2v) is 4.91. The van der Waals surface area contributed by atoms with Crippen LogP contribution >= 0.6 is 11.6 Å². The second kappa shape index (κ2) is 5.57. The lowest BCUT2D eigenvalue weighted by Gasteiger charge is -2.14. The van der Waals surface area contributed by atoms with Crippen molar-refractivity contribution in [3.05, 3.63) is 40.3 Å². The molecular weight excluding hydrogens is 269 g/mol. The minimum atomic E-state index is -0.460. The van der Waals surface area contributed by atoms with E-state index in [1.165, 1.54) is 6.20 Å². The van der Waals surface area contributed by atoms with E-state index in [-0.39, 0.29) is 16.6 Å². The summed E-state index contributed by atoms with van der Waals surface area (Å²) in [7, 11) is 0. The predicted octanol–water partition coefficient (Wildman–Crippen LogP) is 3.69. The zero-order chi connectivity index (χ0) is 14.0. The first-order valence-corrected chi connectivity index (χ1v) is 6.34. The Balaban J connectivity index is 2.11. The van der Waals surface area contributed by atoms with Crippen molar-refractivity contribution < 1.29 is 8.91 Å². The summed E-state index contributed by atoms with van der Waals surface area (Å²) in [4.78, 5) is 3.68. The molecular formula is C13H15ClFN3O. The lowest BCUT2D eigenvalue weighted by molar-refractivity contribution is 0.391. The van der Waals surface area contributed by atoms with Gasteiger partial charge in [0.25, 0.3) is 0 Å². The van der Waals surface area contributed by atoms with Gasteiger partial charge in [-0.15, -0.1) is 0 Å². The van der Waals surface area contributed by atoms with Gasteiger partial charge in [-0.05, 0) is 13.8 Å². The molecule has 0 aliphatic rings. The molecule has 1 unspecified atom stereocenters. The standard InChI is InChI=1S/C13H15ClFN3O/c1-7(12-8(2)18-19-9(12)3)4-17-13-10(14)5-16-6-11(13)15/h5-7H,4H2,1-3H3,(H,16,17). The van der Waals surface area contributed by atoms with Crippen LogP contribution in [0.5, 0.6) is 0 Å². The van der Waals surface area contributed by atoms with Crippen molar-refractivity contribution in [2.75, 3.05) is 11.9 Å². The Labute approximate surface area is 116 Å². The fraction of sp³-hybridized carbons (Fsp3) is 0.385. The Morgan fingerprint density at radius 1 is 1.42 bits per heavy atom. The van der Waals surface area contributed by atoms with Gasteiger partial charge in [-0.25, -0.2) is 4.39 Å². The summed E-state index contributed by atoms with van der Waals surface area (Å²) in [5, 5.41) is 7.19. The van der Waals surface area contributed by atoms with Gasteiger partial charge in [-0.2, -0.15) is 0 Å². The van der Waals surface area contributed by atoms with Crippen molar-refractivity contribution >= 4 is 17.3 Å². The molecule has 0 bridgehead atoms. The molecule has 6 heteroatoms. The number of nitrogens with zero attached hydrogens (tertiary/aromatic N) is 2. The Bertz CT molecular complexity index is 546. The molecule has 2 rings (SSSR count). The lowest BCUT2D eigenvalue weighted by Crippen LogP contribution is -2.12. The third-order valence-electron chi connectivity index (χ3n) is 3.02. The Hall–Kier alpha value is -1.62. The smallest absolute Gasteiger partial charge is 0.166 e. The number of aryl methyl sites for hydroxylation is 2. The maximum absolute atomic E-state index is 13.6. The van der Waals surface area contributed by atoms with Crippen LogP contribution < -0.4 is 5.32 Å². The Morgan fingerprint density at radius 2 is 2.16 bits per heavy atom. The van der Waals surface area contributed by atoms with Gasteiger partial charge in [0.1, 0.15) is 5.76 Å². The van der Waals surface area contributed by atoms with Gasteiger partial charge in [0, 0.05) is 24.2 Å². The molecule has 19 heavy (non-hydrogen) atoms. The molecule has 0 aliphatic carbocycles. The van der Waals surface area contributed by atoms with E-state index in [4.69, 9.17) is 16.1 Å². The summed E-state index contributed by atoms with van der Waals surface area (Å²) in [6.07, 6.45) is 2.54. The van der Waals surface area contributed by atoms with Crippen molar-refractivity contribution in [2.45, 2.75) is 26.7 Å². The summed E-state index contributed by atoms with van der Waals surface area (Å²) in [5.41, 5.74) is 2.17. The summed E-state index contributed by atoms with van der Waals surface area (Å²) in [6.45, 7) is 6.31. The van der Waals surface area contributed by atoms with E-state index in [9.17, 15) is 4.39 Å². The highest BCUT2D eigenvalue weighted by atomic mass is 35.5. The van der Waals surface area contributed by atoms with Crippen molar-refractivity contribution in [3.63, 3.8) is 0 Å². The van der Waals surface area contributed by atoms with Crippen LogP contribution in [0.3, 0.4) is 0 Å². The predicted molar refractivity (Wildman–Crippen MR) is 72.1 cm³/mol. The minimum Gasteiger partial charge on any atom is -0.381 e. The number of nitrogens with one attached hydrogen (secondary N) is 1. The molecule has 0 aliphatic heterocycles. The molecule has 1 N–H and O–H groups in total. The molecule has 4 nitrogen and oxygen atoms in total. The van der Waals surface area contributed by atoms with Gasteiger partial charge in [0.05, 0.1) is 22.6 Å². The van der Waals surface area contributed by atoms with Crippen LogP contribution in [0.2, 0.25) is 5.02 Å². The third kappa shape index (κ3) is 2.87. The summed E-state index contributed by atoms with van der Waals surface area (Å²) >= 11 is 5.90. The van der Waals surface area contributed by atoms with E-state index < -0.39 is 5.82 Å². The monoisotopic (exact) mass is 283 g/mol. The van der Waals surface area contributed by atoms with Gasteiger partial charge in [0.15, 0.2) is 5.82 Å². The average molecular weight is 284 g/mol. The fourth-order valence-electron chi connectivity index (χ4n) is 2.13. The Morgan fingerprint density at radius 3 is 2.74 bits per heavy atom. The number of rotatable bonds is 4. The SMILES string of the molecule is Cc1noc(C)c1C(C)CNc1c(F)cncc1Cl. The summed E-state index contributed by atoms with van der Waals surface area (Å²) in [5.74, 6) is 0.460. The van der Waals surface area contributed by atoms with E-state index >= 15 is 0 Å². The van der Waals surface area contributed by atoms with Crippen LogP contribution in [-0.2, 0) is 0 Å². The van der Waals surface area contributed by atoms with Crippen LogP contribution in [0.4, 0.5) is 10.1 Å². The molecule has 1 atom stereocenters. The van der Waals surface area contributed by atoms with Gasteiger partial charge >= 0.3 is 0 Å². The number of hydrogen-bond donors (Lipinski definition) is 1. The van der Waals surface area contributed by atoms with E-state index in [0.29, 0.717) is 6.54 Å². The Kier molecular flexibility index (Phi) is 4.04. The molecule has 2 aromatic rings. The molecule has 0 amide bonds. The molecule has 0 saturated heterocycles. The number of pyridine rings is 1. The van der Waals surface area contributed by atoms with Gasteiger partial charge in [0.2, 0.25) is 0 Å². The molecule has 2 heterocycles. The fourth-order valence-corrected chi connectivity index (χ4v) is 2.34. The number of aromatic nitrogens is 2. The molecule has 0 spiro atoms. The van der Waals surface area contributed by atoms with E-state index in [0.717, 1.165) is 23.2 Å². The van der Waals surface area contributed by atoms with Crippen molar-refractivity contribution in [3.8, 4) is 0 Å². The molecule has 0 fully saturated rings. The molecule has 0 radical (unpaired) electrons. The molecule has 0 saturated carbocycles. The van der Waals surface area contributed by atoms with Gasteiger partial charge in [-0.3, -0.25) is 4.98 Å². The number of halogens is 2. The molecule has 2 aromatic heterocycles. The first-order valence-electron chi connectivity index (χ1n) is 5.96. The van der Waals surface area contributed by atoms with Crippen LogP contribution in [-0.4, -0.2) is 16.7 Å². The average Bonchev–Trinajstić information content (AvgIpc) is 2.68. The van der Waals surface area contributed by atoms with Crippen molar-refractivity contribution in [1.29, 1.82) is 0 Å². The maximum atomic E-state index is 13.6. The van der Waals surface area contributed by atoms with Crippen LogP contribution in [0.25, 0.3) is 0 Å². The zero-order valence-electron chi connectivity index (χ0n) is 11.0. The largest absolute Gasteiger partial charge is 0.381 e. The van der Waals surface area contributed by atoms with Crippen molar-refractivity contribution in [2.24, 2.45) is 0 Å². The number of hydrogen-bond acceptors (Lipinski definition) is 4. The minimum absolute atomic E-state index is 0.134. The lowest BCUT2D eigenvalue weighted by atomic mass is 9.99. The zero-order valence-corrected chi connectivity index (χ0v) is 11.8. The first kappa shape index (κ1) is 13.8. The highest BCUT2D eigenvalue weighted by Crippen LogP contribution is 2.27. The normalized spacial score (nSPS) is 12.5. The number of anilines is 1. The molecule has 102 valence electrons. The van der Waals surface area contributed by atoms with Crippen molar-refractivity contribution in [1.82, 2.24) is 10.1 Å². The van der Waals surface area contributed by atoms with Crippen LogP contribution in [0.1, 0.15) is 29.9 Å². The molecule has 0 aromatic carbocycles. The van der Waals surface area contributed by atoms with Crippen LogP contribution in [0.15, 0.2) is 16.9 Å². The third-order valence-corrected chi connectivity index (χ3v) is 3.31. The maximum Gasteiger partial charge on any atom is 0.166 e. The summed E-state index contributed by atoms with van der Waals surface area (Å²) < 4.78 is 18.7. The quantitative estimate of drug-likeness (QED) is 0.930. The van der Waals surface area contributed by atoms with E-state index in [1.807, 2.05) is 20.8 Å². The second-order valence-electron chi connectivity index (χ2n) is 4.50.